The number of hydrogen-bond donors (Lipinski definition) is 1. The van der Waals surface area contributed by atoms with Gasteiger partial charge in [0.2, 0.25) is 0 Å². The Bertz CT molecular complexity index is 288. The van der Waals surface area contributed by atoms with Crippen molar-refractivity contribution in [2.24, 2.45) is 11.7 Å². The molecule has 0 amide bonds. The van der Waals surface area contributed by atoms with E-state index in [-0.39, 0.29) is 11.1 Å². The van der Waals surface area contributed by atoms with Crippen molar-refractivity contribution in [2.45, 2.75) is 24.0 Å². The number of rotatable bonds is 4. The first-order chi connectivity index (χ1) is 6.65. The summed E-state index contributed by atoms with van der Waals surface area (Å²) in [5.41, 5.74) is 5.63. The molecule has 0 heterocycles. The van der Waals surface area contributed by atoms with Crippen LogP contribution in [0.2, 0.25) is 0 Å². The molecule has 0 aliphatic carbocycles. The Kier molecular flexibility index (Phi) is 4.42. The van der Waals surface area contributed by atoms with E-state index < -0.39 is 0 Å². The fourth-order valence-corrected chi connectivity index (χ4v) is 2.19. The Morgan fingerprint density at radius 1 is 1.36 bits per heavy atom. The summed E-state index contributed by atoms with van der Waals surface area (Å²) in [6, 6.07) is 6.83. The van der Waals surface area contributed by atoms with Gasteiger partial charge in [0.1, 0.15) is 5.82 Å². The molecule has 0 fully saturated rings. The minimum absolute atomic E-state index is 0.156. The second-order valence-corrected chi connectivity index (χ2v) is 4.85. The number of halogens is 1. The monoisotopic (exact) mass is 213 g/mol. The summed E-state index contributed by atoms with van der Waals surface area (Å²) in [7, 11) is 0. The third-order valence-corrected chi connectivity index (χ3v) is 3.72. The van der Waals surface area contributed by atoms with Crippen molar-refractivity contribution in [2.75, 3.05) is 6.54 Å². The van der Waals surface area contributed by atoms with Gasteiger partial charge in [-0.15, -0.1) is 11.8 Å². The predicted octanol–water partition coefficient (Wildman–Crippen LogP) is 2.90. The predicted molar refractivity (Wildman–Crippen MR) is 59.9 cm³/mol. The molecular weight excluding hydrogens is 197 g/mol. The molecule has 1 aromatic carbocycles. The molecule has 2 N–H and O–H groups in total. The maximum absolute atomic E-state index is 13.3. The number of nitrogens with two attached hydrogens (primary N) is 1. The van der Waals surface area contributed by atoms with Gasteiger partial charge in [0, 0.05) is 16.7 Å². The van der Waals surface area contributed by atoms with Crippen LogP contribution in [0.15, 0.2) is 29.2 Å². The molecule has 78 valence electrons. The summed E-state index contributed by atoms with van der Waals surface area (Å²) in [6.07, 6.45) is 0. The zero-order chi connectivity index (χ0) is 10.6. The molecule has 0 saturated heterocycles. The van der Waals surface area contributed by atoms with E-state index in [2.05, 4.69) is 13.8 Å². The van der Waals surface area contributed by atoms with E-state index >= 15 is 0 Å². The zero-order valence-electron chi connectivity index (χ0n) is 8.53. The van der Waals surface area contributed by atoms with E-state index in [1.807, 2.05) is 6.07 Å². The van der Waals surface area contributed by atoms with Gasteiger partial charge in [-0.2, -0.15) is 0 Å². The molecule has 14 heavy (non-hydrogen) atoms. The molecule has 1 rings (SSSR count). The first-order valence-corrected chi connectivity index (χ1v) is 5.64. The molecular formula is C11H16FNS. The molecule has 0 aliphatic rings. The van der Waals surface area contributed by atoms with Crippen LogP contribution in [0.25, 0.3) is 0 Å². The Morgan fingerprint density at radius 2 is 2.00 bits per heavy atom. The third-order valence-electron chi connectivity index (χ3n) is 2.09. The zero-order valence-corrected chi connectivity index (χ0v) is 9.35. The minimum atomic E-state index is -0.156. The Labute approximate surface area is 88.9 Å². The smallest absolute Gasteiger partial charge is 0.136 e. The number of hydrogen-bond acceptors (Lipinski definition) is 2. The third kappa shape index (κ3) is 3.00. The highest BCUT2D eigenvalue weighted by Crippen LogP contribution is 2.29. The van der Waals surface area contributed by atoms with Gasteiger partial charge in [-0.1, -0.05) is 26.0 Å². The van der Waals surface area contributed by atoms with Crippen molar-refractivity contribution in [3.05, 3.63) is 30.1 Å². The Hall–Kier alpha value is -0.540. The topological polar surface area (TPSA) is 26.0 Å². The Balaban J connectivity index is 2.72. The molecule has 1 atom stereocenters. The van der Waals surface area contributed by atoms with Gasteiger partial charge in [-0.05, 0) is 18.1 Å². The van der Waals surface area contributed by atoms with Crippen LogP contribution in [0, 0.1) is 11.7 Å². The average Bonchev–Trinajstić information content (AvgIpc) is 2.16. The van der Waals surface area contributed by atoms with E-state index in [4.69, 9.17) is 5.73 Å². The summed E-state index contributed by atoms with van der Waals surface area (Å²) in [5.74, 6) is 0.307. The van der Waals surface area contributed by atoms with Crippen LogP contribution in [-0.4, -0.2) is 11.8 Å². The van der Waals surface area contributed by atoms with Gasteiger partial charge in [0.25, 0.3) is 0 Å². The molecule has 0 spiro atoms. The van der Waals surface area contributed by atoms with E-state index in [1.165, 1.54) is 17.8 Å². The van der Waals surface area contributed by atoms with E-state index in [1.54, 1.807) is 12.1 Å². The SMILES string of the molecule is CC(C)C(CN)Sc1ccccc1F. The van der Waals surface area contributed by atoms with Crippen molar-refractivity contribution in [3.8, 4) is 0 Å². The highest BCUT2D eigenvalue weighted by Gasteiger charge is 2.14. The average molecular weight is 213 g/mol. The molecule has 1 nitrogen and oxygen atoms in total. The summed E-state index contributed by atoms with van der Waals surface area (Å²) >= 11 is 1.52. The lowest BCUT2D eigenvalue weighted by Crippen LogP contribution is -2.22. The van der Waals surface area contributed by atoms with Crippen LogP contribution in [0.5, 0.6) is 0 Å². The van der Waals surface area contributed by atoms with Gasteiger partial charge in [0.05, 0.1) is 0 Å². The summed E-state index contributed by atoms with van der Waals surface area (Å²) < 4.78 is 13.3. The largest absolute Gasteiger partial charge is 0.329 e. The first-order valence-electron chi connectivity index (χ1n) is 4.76. The van der Waals surface area contributed by atoms with Crippen LogP contribution in [0.3, 0.4) is 0 Å². The Morgan fingerprint density at radius 3 is 2.50 bits per heavy atom. The number of benzene rings is 1. The van der Waals surface area contributed by atoms with E-state index in [9.17, 15) is 4.39 Å². The number of thioether (sulfide) groups is 1. The van der Waals surface area contributed by atoms with Crippen LogP contribution in [0.4, 0.5) is 4.39 Å². The summed E-state index contributed by atoms with van der Waals surface area (Å²) in [6.45, 7) is 4.79. The molecule has 0 aliphatic heterocycles. The lowest BCUT2D eigenvalue weighted by atomic mass is 10.1. The van der Waals surface area contributed by atoms with Gasteiger partial charge in [0.15, 0.2) is 0 Å². The maximum atomic E-state index is 13.3. The molecule has 0 saturated carbocycles. The molecule has 3 heteroatoms. The molecule has 1 unspecified atom stereocenters. The fourth-order valence-electron chi connectivity index (χ4n) is 1.16. The van der Waals surface area contributed by atoms with Crippen molar-refractivity contribution in [1.29, 1.82) is 0 Å². The highest BCUT2D eigenvalue weighted by molar-refractivity contribution is 8.00. The van der Waals surface area contributed by atoms with Gasteiger partial charge in [-0.3, -0.25) is 0 Å². The lowest BCUT2D eigenvalue weighted by Gasteiger charge is -2.18. The van der Waals surface area contributed by atoms with Crippen molar-refractivity contribution < 1.29 is 4.39 Å². The van der Waals surface area contributed by atoms with Gasteiger partial charge >= 0.3 is 0 Å². The summed E-state index contributed by atoms with van der Waals surface area (Å²) in [4.78, 5) is 0.691. The van der Waals surface area contributed by atoms with E-state index in [0.717, 1.165) is 0 Å². The van der Waals surface area contributed by atoms with Gasteiger partial charge < -0.3 is 5.73 Å². The normalized spacial score (nSPS) is 13.2. The molecule has 1 aromatic rings. The van der Waals surface area contributed by atoms with Crippen LogP contribution in [0.1, 0.15) is 13.8 Å². The second-order valence-electron chi connectivity index (χ2n) is 3.57. The fraction of sp³-hybridized carbons (Fsp3) is 0.455. The molecule has 0 radical (unpaired) electrons. The van der Waals surface area contributed by atoms with Crippen molar-refractivity contribution >= 4 is 11.8 Å². The molecule has 0 aromatic heterocycles. The maximum Gasteiger partial charge on any atom is 0.136 e. The standard InChI is InChI=1S/C11H16FNS/c1-8(2)11(7-13)14-10-6-4-3-5-9(10)12/h3-6,8,11H,7,13H2,1-2H3. The van der Waals surface area contributed by atoms with Crippen molar-refractivity contribution in [3.63, 3.8) is 0 Å². The van der Waals surface area contributed by atoms with Crippen LogP contribution in [-0.2, 0) is 0 Å². The van der Waals surface area contributed by atoms with Gasteiger partial charge in [-0.25, -0.2) is 4.39 Å². The van der Waals surface area contributed by atoms with Crippen LogP contribution >= 0.6 is 11.8 Å². The second kappa shape index (κ2) is 5.37. The summed E-state index contributed by atoms with van der Waals surface area (Å²) in [5, 5.41) is 0.284. The minimum Gasteiger partial charge on any atom is -0.329 e. The van der Waals surface area contributed by atoms with E-state index in [0.29, 0.717) is 17.4 Å². The molecule has 0 bridgehead atoms. The van der Waals surface area contributed by atoms with Crippen molar-refractivity contribution in [1.82, 2.24) is 0 Å². The van der Waals surface area contributed by atoms with Crippen LogP contribution < -0.4 is 5.73 Å². The highest BCUT2D eigenvalue weighted by atomic mass is 32.2. The quantitative estimate of drug-likeness (QED) is 0.778. The lowest BCUT2D eigenvalue weighted by molar-refractivity contribution is 0.592. The first kappa shape index (κ1) is 11.5.